The normalized spacial score (nSPS) is 11.4. The molecule has 31 heavy (non-hydrogen) atoms. The van der Waals surface area contributed by atoms with Crippen molar-refractivity contribution >= 4 is 16.8 Å². The largest absolute Gasteiger partial charge is 0.452 e. The van der Waals surface area contributed by atoms with Crippen LogP contribution in [0.25, 0.3) is 22.6 Å². The van der Waals surface area contributed by atoms with Crippen LogP contribution >= 0.6 is 0 Å². The number of benzene rings is 2. The molecule has 0 unspecified atom stereocenters. The molecule has 0 amide bonds. The van der Waals surface area contributed by atoms with Crippen LogP contribution in [0.2, 0.25) is 0 Å². The lowest BCUT2D eigenvalue weighted by atomic mass is 10.1. The van der Waals surface area contributed by atoms with Gasteiger partial charge in [-0.05, 0) is 38.5 Å². The van der Waals surface area contributed by atoms with Crippen LogP contribution in [0.4, 0.5) is 5.69 Å². The van der Waals surface area contributed by atoms with E-state index in [2.05, 4.69) is 48.9 Å². The second kappa shape index (κ2) is 11.8. The zero-order valence-corrected chi connectivity index (χ0v) is 19.1. The molecular formula is C24H34N3O4+. The molecular weight excluding hydrogens is 394 g/mol. The fourth-order valence-corrected chi connectivity index (χ4v) is 3.47. The third-order valence-electron chi connectivity index (χ3n) is 5.20. The van der Waals surface area contributed by atoms with Gasteiger partial charge in [-0.1, -0.05) is 0 Å². The van der Waals surface area contributed by atoms with Crippen LogP contribution in [0, 0.1) is 6.92 Å². The Balaban J connectivity index is 1.68. The van der Waals surface area contributed by atoms with E-state index in [9.17, 15) is 0 Å². The average Bonchev–Trinajstić information content (AvgIpc) is 2.78. The fourth-order valence-electron chi connectivity index (χ4n) is 3.47. The Hall–Kier alpha value is -2.48. The van der Waals surface area contributed by atoms with Crippen molar-refractivity contribution in [2.75, 3.05) is 65.1 Å². The van der Waals surface area contributed by atoms with Crippen molar-refractivity contribution in [2.45, 2.75) is 20.8 Å². The number of methoxy groups -OCH3 is 1. The summed E-state index contributed by atoms with van der Waals surface area (Å²) in [6.07, 6.45) is 0. The summed E-state index contributed by atoms with van der Waals surface area (Å²) < 4.78 is 24.5. The van der Waals surface area contributed by atoms with Gasteiger partial charge in [0.2, 0.25) is 5.36 Å². The lowest BCUT2D eigenvalue weighted by molar-refractivity contribution is 0.0272. The number of hydrogen-bond donors (Lipinski definition) is 1. The number of aromatic nitrogens is 1. The Morgan fingerprint density at radius 3 is 2.45 bits per heavy atom. The lowest BCUT2D eigenvalue weighted by Crippen LogP contribution is -2.29. The van der Waals surface area contributed by atoms with Gasteiger partial charge in [0.15, 0.2) is 11.3 Å². The Morgan fingerprint density at radius 2 is 1.71 bits per heavy atom. The predicted octanol–water partition coefficient (Wildman–Crippen LogP) is 3.14. The molecule has 1 N–H and O–H groups in total. The molecule has 3 rings (SSSR count). The number of nitrogens with one attached hydrogen (secondary N) is 1. The van der Waals surface area contributed by atoms with Crippen LogP contribution in [-0.2, 0) is 14.2 Å². The van der Waals surface area contributed by atoms with Gasteiger partial charge in [0.05, 0.1) is 39.1 Å². The van der Waals surface area contributed by atoms with Crippen molar-refractivity contribution in [1.29, 1.82) is 0 Å². The third kappa shape index (κ3) is 6.26. The molecule has 0 spiro atoms. The summed E-state index contributed by atoms with van der Waals surface area (Å²) in [5.41, 5.74) is 4.64. The zero-order valence-electron chi connectivity index (χ0n) is 19.1. The van der Waals surface area contributed by atoms with E-state index >= 15 is 0 Å². The number of anilines is 1. The Kier molecular flexibility index (Phi) is 8.82. The van der Waals surface area contributed by atoms with Crippen LogP contribution in [0.1, 0.15) is 19.4 Å². The topological polar surface area (TPSA) is 68.8 Å². The smallest absolute Gasteiger partial charge is 0.203 e. The molecule has 1 heterocycles. The standard InChI is InChI=1S/C24H33N3O4/c1-5-27(6-2)19-7-8-20-23(16-19)31-24-17-21(18(3)15-22(24)26-20)25-9-10-29-13-14-30-12-11-28-4/h7-8,15-17H,5-6,9-14H2,1-4H3/p+1. The van der Waals surface area contributed by atoms with Crippen LogP contribution in [0.15, 0.2) is 34.7 Å². The molecule has 1 aromatic carbocycles. The molecule has 1 aromatic rings. The molecule has 0 aromatic heterocycles. The first-order chi connectivity index (χ1) is 15.2. The molecule has 7 heteroatoms. The van der Waals surface area contributed by atoms with Gasteiger partial charge in [0, 0.05) is 31.5 Å². The van der Waals surface area contributed by atoms with Crippen molar-refractivity contribution in [1.82, 2.24) is 9.56 Å². The van der Waals surface area contributed by atoms with Crippen molar-refractivity contribution in [3.63, 3.8) is 0 Å². The summed E-state index contributed by atoms with van der Waals surface area (Å²) >= 11 is 0. The van der Waals surface area contributed by atoms with E-state index in [-0.39, 0.29) is 0 Å². The fraction of sp³-hybridized carbons (Fsp3) is 0.500. The highest BCUT2D eigenvalue weighted by Crippen LogP contribution is 2.27. The number of nitrogens with zero attached hydrogens (tertiary/aromatic N) is 2. The monoisotopic (exact) mass is 428 g/mol. The first-order valence-electron chi connectivity index (χ1n) is 11.0. The lowest BCUT2D eigenvalue weighted by Gasteiger charge is -2.12. The van der Waals surface area contributed by atoms with Crippen molar-refractivity contribution in [3.8, 4) is 11.5 Å². The quantitative estimate of drug-likeness (QED) is 0.272. The number of hydrogen-bond acceptors (Lipinski definition) is 6. The highest BCUT2D eigenvalue weighted by Gasteiger charge is 2.13. The average molecular weight is 429 g/mol. The van der Waals surface area contributed by atoms with Gasteiger partial charge in [0.25, 0.3) is 0 Å². The maximum Gasteiger partial charge on any atom is 0.203 e. The van der Waals surface area contributed by atoms with Crippen molar-refractivity contribution < 1.29 is 18.6 Å². The number of aryl methyl sites for hydroxylation is 1. The Bertz CT molecular complexity index is 1010. The predicted molar refractivity (Wildman–Crippen MR) is 124 cm³/mol. The van der Waals surface area contributed by atoms with E-state index in [1.165, 1.54) is 0 Å². The highest BCUT2D eigenvalue weighted by molar-refractivity contribution is 5.81. The number of fused-ring (bicyclic) bond motifs is 2. The molecule has 0 atom stereocenters. The summed E-state index contributed by atoms with van der Waals surface area (Å²) in [6.45, 7) is 11.9. The van der Waals surface area contributed by atoms with E-state index in [1.54, 1.807) is 7.11 Å². The zero-order chi connectivity index (χ0) is 22.1. The van der Waals surface area contributed by atoms with Crippen molar-refractivity contribution in [2.24, 2.45) is 0 Å². The van der Waals surface area contributed by atoms with E-state index in [0.717, 1.165) is 52.3 Å². The van der Waals surface area contributed by atoms with Crippen LogP contribution < -0.4 is 15.2 Å². The second-order valence-electron chi connectivity index (χ2n) is 7.32. The van der Waals surface area contributed by atoms with Gasteiger partial charge >= 0.3 is 0 Å². The minimum Gasteiger partial charge on any atom is -0.452 e. The van der Waals surface area contributed by atoms with E-state index in [0.29, 0.717) is 39.6 Å². The molecule has 0 radical (unpaired) electrons. The molecule has 2 aliphatic rings. The Labute approximate surface area is 184 Å². The first kappa shape index (κ1) is 23.2. The van der Waals surface area contributed by atoms with E-state index < -0.39 is 0 Å². The number of ether oxygens (including phenoxy) is 3. The molecule has 0 bridgehead atoms. The molecule has 0 saturated heterocycles. The summed E-state index contributed by atoms with van der Waals surface area (Å²) in [5, 5.41) is 4.58. The number of rotatable bonds is 12. The summed E-state index contributed by atoms with van der Waals surface area (Å²) in [5.74, 6) is 0.795. The molecule has 1 aliphatic heterocycles. The molecule has 7 nitrogen and oxygen atoms in total. The molecule has 168 valence electrons. The SMILES string of the molecule is CC[N+](CC)=c1ccc2nc3cc(C)c(NCCOCCOCCOC)cc3oc-2c1. The van der Waals surface area contributed by atoms with Gasteiger partial charge in [-0.25, -0.2) is 9.56 Å². The van der Waals surface area contributed by atoms with Gasteiger partial charge in [-0.3, -0.25) is 0 Å². The van der Waals surface area contributed by atoms with Crippen LogP contribution in [0.3, 0.4) is 0 Å². The minimum atomic E-state index is 0.572. The van der Waals surface area contributed by atoms with Gasteiger partial charge in [-0.2, -0.15) is 0 Å². The van der Waals surface area contributed by atoms with Gasteiger partial charge in [0.1, 0.15) is 24.3 Å². The van der Waals surface area contributed by atoms with Crippen LogP contribution in [-0.4, -0.2) is 64.8 Å². The van der Waals surface area contributed by atoms with Crippen LogP contribution in [0.5, 0.6) is 0 Å². The second-order valence-corrected chi connectivity index (χ2v) is 7.32. The maximum absolute atomic E-state index is 6.23. The van der Waals surface area contributed by atoms with Gasteiger partial charge < -0.3 is 23.9 Å². The summed E-state index contributed by atoms with van der Waals surface area (Å²) in [4.78, 5) is 4.80. The van der Waals surface area contributed by atoms with E-state index in [4.69, 9.17) is 23.6 Å². The van der Waals surface area contributed by atoms with Gasteiger partial charge in [-0.15, -0.1) is 0 Å². The first-order valence-corrected chi connectivity index (χ1v) is 11.0. The molecule has 0 fully saturated rings. The summed E-state index contributed by atoms with van der Waals surface area (Å²) in [6, 6.07) is 10.3. The molecule has 1 aliphatic carbocycles. The third-order valence-corrected chi connectivity index (χ3v) is 5.20. The highest BCUT2D eigenvalue weighted by atomic mass is 16.5. The minimum absolute atomic E-state index is 0.572. The summed E-state index contributed by atoms with van der Waals surface area (Å²) in [7, 11) is 1.66. The maximum atomic E-state index is 6.23. The van der Waals surface area contributed by atoms with Crippen molar-refractivity contribution in [3.05, 3.63) is 41.3 Å². The van der Waals surface area contributed by atoms with E-state index in [1.807, 2.05) is 12.1 Å². The Morgan fingerprint density at radius 1 is 0.968 bits per heavy atom. The molecule has 0 saturated carbocycles.